The van der Waals surface area contributed by atoms with Crippen LogP contribution in [0.5, 0.6) is 0 Å². The van der Waals surface area contributed by atoms with Gasteiger partial charge >= 0.3 is 0 Å². The van der Waals surface area contributed by atoms with Crippen LogP contribution in [0.25, 0.3) is 0 Å². The molecule has 0 aliphatic carbocycles. The molecule has 0 atom stereocenters. The number of para-hydroxylation sites is 1. The van der Waals surface area contributed by atoms with Gasteiger partial charge in [-0.15, -0.1) is 0 Å². The molecule has 0 aromatic heterocycles. The molecule has 0 heterocycles. The summed E-state index contributed by atoms with van der Waals surface area (Å²) < 4.78 is 0. The number of rotatable bonds is 17. The van der Waals surface area contributed by atoms with Crippen molar-refractivity contribution in [3.05, 3.63) is 102 Å². The molecule has 0 saturated carbocycles. The fourth-order valence-corrected chi connectivity index (χ4v) is 3.75. The third kappa shape index (κ3) is 14.5. The van der Waals surface area contributed by atoms with Gasteiger partial charge in [0.2, 0.25) is 5.91 Å². The molecule has 2 nitrogen and oxygen atoms in total. The normalized spacial score (nSPS) is 12.9. The molecule has 1 aromatic rings. The lowest BCUT2D eigenvalue weighted by Crippen LogP contribution is -2.15. The number of hydrogen-bond acceptors (Lipinski definition) is 1. The standard InChI is InChI=1S/C34H49NO/c1-6-7-8-9-10-11-12-13-14-15-16-17-18-19-20-21-22-23-24-28-33(36)35-34-31(29(2)3)26-25-27-32(34)30(4)5/h7-8,10-11,13-14,16-17,19-20,22-23,25-27,29-30H,6,9,12,15,18,21,24,28H2,1-5H3,(H,35,36)/b8-7-,11-10-,14-13-,17-16-,20-19-,23-22-. The van der Waals surface area contributed by atoms with Gasteiger partial charge in [0.25, 0.3) is 0 Å². The minimum atomic E-state index is 0.0875. The van der Waals surface area contributed by atoms with Crippen LogP contribution in [-0.2, 0) is 4.79 Å². The molecule has 0 spiro atoms. The van der Waals surface area contributed by atoms with E-state index in [2.05, 4.69) is 131 Å². The predicted molar refractivity (Wildman–Crippen MR) is 161 cm³/mol. The van der Waals surface area contributed by atoms with Gasteiger partial charge in [-0.1, -0.05) is 126 Å². The first-order valence-corrected chi connectivity index (χ1v) is 13.8. The topological polar surface area (TPSA) is 29.1 Å². The number of amides is 1. The van der Waals surface area contributed by atoms with Crippen LogP contribution in [-0.4, -0.2) is 5.91 Å². The number of carbonyl (C=O) groups excluding carboxylic acids is 1. The van der Waals surface area contributed by atoms with Crippen molar-refractivity contribution in [2.24, 2.45) is 0 Å². The fourth-order valence-electron chi connectivity index (χ4n) is 3.75. The Hall–Kier alpha value is -2.87. The van der Waals surface area contributed by atoms with Gasteiger partial charge in [-0.25, -0.2) is 0 Å². The zero-order valence-corrected chi connectivity index (χ0v) is 23.4. The van der Waals surface area contributed by atoms with E-state index in [4.69, 9.17) is 0 Å². The Morgan fingerprint density at radius 1 is 0.667 bits per heavy atom. The molecule has 0 radical (unpaired) electrons. The minimum Gasteiger partial charge on any atom is -0.326 e. The molecule has 0 unspecified atom stereocenters. The number of nitrogens with one attached hydrogen (secondary N) is 1. The third-order valence-electron chi connectivity index (χ3n) is 5.77. The molecule has 36 heavy (non-hydrogen) atoms. The molecular formula is C34H49NO. The summed E-state index contributed by atoms with van der Waals surface area (Å²) in [6, 6.07) is 6.34. The Morgan fingerprint density at radius 3 is 1.44 bits per heavy atom. The largest absolute Gasteiger partial charge is 0.326 e. The second-order valence-electron chi connectivity index (χ2n) is 9.62. The summed E-state index contributed by atoms with van der Waals surface area (Å²) in [5.74, 6) is 0.842. The van der Waals surface area contributed by atoms with Crippen molar-refractivity contribution >= 4 is 11.6 Å². The van der Waals surface area contributed by atoms with Crippen LogP contribution in [0.4, 0.5) is 5.69 Å². The number of benzene rings is 1. The molecule has 0 fully saturated rings. The Kier molecular flexibility index (Phi) is 17.6. The lowest BCUT2D eigenvalue weighted by atomic mass is 9.92. The van der Waals surface area contributed by atoms with E-state index < -0.39 is 0 Å². The molecule has 1 amide bonds. The highest BCUT2D eigenvalue weighted by Gasteiger charge is 2.15. The maximum absolute atomic E-state index is 12.6. The molecular weight excluding hydrogens is 438 g/mol. The van der Waals surface area contributed by atoms with Crippen LogP contribution < -0.4 is 5.32 Å². The fraction of sp³-hybridized carbons (Fsp3) is 0.441. The molecule has 1 N–H and O–H groups in total. The molecule has 0 bridgehead atoms. The Labute approximate surface area is 221 Å². The molecule has 196 valence electrons. The van der Waals surface area contributed by atoms with Crippen molar-refractivity contribution in [2.45, 2.75) is 97.8 Å². The Morgan fingerprint density at radius 2 is 1.06 bits per heavy atom. The van der Waals surface area contributed by atoms with Gasteiger partial charge in [0.05, 0.1) is 0 Å². The van der Waals surface area contributed by atoms with Gasteiger partial charge in [0.1, 0.15) is 0 Å². The van der Waals surface area contributed by atoms with E-state index in [1.165, 1.54) is 11.1 Å². The first-order valence-electron chi connectivity index (χ1n) is 13.8. The summed E-state index contributed by atoms with van der Waals surface area (Å²) in [5.41, 5.74) is 3.43. The average molecular weight is 488 g/mol. The maximum atomic E-state index is 12.6. The predicted octanol–water partition coefficient (Wildman–Crippen LogP) is 10.3. The second kappa shape index (κ2) is 20.3. The minimum absolute atomic E-state index is 0.0875. The van der Waals surface area contributed by atoms with Crippen molar-refractivity contribution in [1.82, 2.24) is 0 Å². The summed E-state index contributed by atoms with van der Waals surface area (Å²) in [4.78, 5) is 12.6. The highest BCUT2D eigenvalue weighted by atomic mass is 16.1. The summed E-state index contributed by atoms with van der Waals surface area (Å²) in [6.45, 7) is 10.8. The van der Waals surface area contributed by atoms with Gasteiger partial charge in [-0.3, -0.25) is 4.79 Å². The maximum Gasteiger partial charge on any atom is 0.224 e. The van der Waals surface area contributed by atoms with E-state index in [0.29, 0.717) is 18.3 Å². The lowest BCUT2D eigenvalue weighted by Gasteiger charge is -2.20. The number of carbonyl (C=O) groups is 1. The van der Waals surface area contributed by atoms with Crippen LogP contribution >= 0.6 is 0 Å². The number of hydrogen-bond donors (Lipinski definition) is 1. The van der Waals surface area contributed by atoms with Crippen LogP contribution in [0.1, 0.15) is 109 Å². The van der Waals surface area contributed by atoms with Gasteiger partial charge in [-0.2, -0.15) is 0 Å². The zero-order chi connectivity index (χ0) is 26.4. The van der Waals surface area contributed by atoms with E-state index in [1.54, 1.807) is 0 Å². The van der Waals surface area contributed by atoms with Crippen molar-refractivity contribution in [1.29, 1.82) is 0 Å². The SMILES string of the molecule is CC/C=C\C/C=C\C/C=C\C/C=C\C/C=C\C/C=C\CCC(=O)Nc1c(C(C)C)cccc1C(C)C. The van der Waals surface area contributed by atoms with Crippen molar-refractivity contribution in [2.75, 3.05) is 5.32 Å². The van der Waals surface area contributed by atoms with Crippen LogP contribution in [0, 0.1) is 0 Å². The average Bonchev–Trinajstić information content (AvgIpc) is 2.85. The van der Waals surface area contributed by atoms with Gasteiger partial charge in [0.15, 0.2) is 0 Å². The van der Waals surface area contributed by atoms with E-state index in [9.17, 15) is 4.79 Å². The molecule has 2 heteroatoms. The highest BCUT2D eigenvalue weighted by Crippen LogP contribution is 2.32. The van der Waals surface area contributed by atoms with Gasteiger partial charge in [0, 0.05) is 12.1 Å². The van der Waals surface area contributed by atoms with E-state index >= 15 is 0 Å². The molecule has 0 saturated heterocycles. The molecule has 0 aliphatic rings. The monoisotopic (exact) mass is 487 g/mol. The van der Waals surface area contributed by atoms with Crippen LogP contribution in [0.2, 0.25) is 0 Å². The summed E-state index contributed by atoms with van der Waals surface area (Å²) in [7, 11) is 0. The van der Waals surface area contributed by atoms with Crippen LogP contribution in [0.3, 0.4) is 0 Å². The third-order valence-corrected chi connectivity index (χ3v) is 5.77. The van der Waals surface area contributed by atoms with E-state index in [-0.39, 0.29) is 5.91 Å². The van der Waals surface area contributed by atoms with Crippen molar-refractivity contribution in [3.63, 3.8) is 0 Å². The lowest BCUT2D eigenvalue weighted by molar-refractivity contribution is -0.116. The van der Waals surface area contributed by atoms with Gasteiger partial charge < -0.3 is 5.32 Å². The zero-order valence-electron chi connectivity index (χ0n) is 23.4. The summed E-state index contributed by atoms with van der Waals surface area (Å²) in [5, 5.41) is 3.20. The van der Waals surface area contributed by atoms with E-state index in [1.807, 2.05) is 0 Å². The summed E-state index contributed by atoms with van der Waals surface area (Å²) >= 11 is 0. The van der Waals surface area contributed by atoms with Crippen molar-refractivity contribution in [3.8, 4) is 0 Å². The van der Waals surface area contributed by atoms with Gasteiger partial charge in [-0.05, 0) is 67.9 Å². The molecule has 0 aliphatic heterocycles. The smallest absolute Gasteiger partial charge is 0.224 e. The first kappa shape index (κ1) is 31.2. The molecule has 1 aromatic carbocycles. The Balaban J connectivity index is 2.23. The molecule has 1 rings (SSSR count). The van der Waals surface area contributed by atoms with Crippen LogP contribution in [0.15, 0.2) is 91.1 Å². The second-order valence-corrected chi connectivity index (χ2v) is 9.62. The summed E-state index contributed by atoms with van der Waals surface area (Å²) in [6.07, 6.45) is 33.6. The highest BCUT2D eigenvalue weighted by molar-refractivity contribution is 5.92. The van der Waals surface area contributed by atoms with E-state index in [0.717, 1.165) is 50.6 Å². The first-order chi connectivity index (χ1) is 17.5. The quantitative estimate of drug-likeness (QED) is 0.217. The number of anilines is 1. The Bertz CT molecular complexity index is 883. The van der Waals surface area contributed by atoms with Crippen molar-refractivity contribution < 1.29 is 4.79 Å². The number of allylic oxidation sites excluding steroid dienone is 12.